The van der Waals surface area contributed by atoms with Gasteiger partial charge in [-0.1, -0.05) is 24.8 Å². The minimum Gasteiger partial charge on any atom is -0.481 e. The van der Waals surface area contributed by atoms with Crippen LogP contribution in [0.5, 0.6) is 0 Å². The fourth-order valence-electron chi connectivity index (χ4n) is 8.09. The van der Waals surface area contributed by atoms with Crippen LogP contribution in [0.15, 0.2) is 97.5 Å². The number of fused-ring (bicyclic) bond motifs is 9. The second-order valence-corrected chi connectivity index (χ2v) is 13.8. The van der Waals surface area contributed by atoms with Gasteiger partial charge in [0.2, 0.25) is 0 Å². The van der Waals surface area contributed by atoms with Gasteiger partial charge in [-0.2, -0.15) is 0 Å². The number of carbonyl (C=O) groups excluding carboxylic acids is 3. The summed E-state index contributed by atoms with van der Waals surface area (Å²) in [6.07, 6.45) is 12.2. The summed E-state index contributed by atoms with van der Waals surface area (Å²) in [4.78, 5) is 64.8. The van der Waals surface area contributed by atoms with Crippen molar-refractivity contribution in [1.82, 2.24) is 10.3 Å². The fourth-order valence-corrected chi connectivity index (χ4v) is 8.09. The molecule has 5 heterocycles. The van der Waals surface area contributed by atoms with E-state index in [1.165, 1.54) is 21.3 Å². The molecule has 0 spiro atoms. The third-order valence-corrected chi connectivity index (χ3v) is 11.1. The lowest BCUT2D eigenvalue weighted by molar-refractivity contribution is -0.150. The third-order valence-electron chi connectivity index (χ3n) is 11.1. The van der Waals surface area contributed by atoms with Crippen molar-refractivity contribution in [3.05, 3.63) is 110 Å². The number of carbonyl (C=O) groups is 4. The van der Waals surface area contributed by atoms with E-state index < -0.39 is 35.3 Å². The number of rotatable bonds is 9. The zero-order valence-corrected chi connectivity index (χ0v) is 31.1. The Morgan fingerprint density at radius 2 is 1.74 bits per heavy atom. The van der Waals surface area contributed by atoms with Crippen LogP contribution in [-0.4, -0.2) is 72.8 Å². The number of aromatic nitrogens is 1. The van der Waals surface area contributed by atoms with Crippen molar-refractivity contribution in [2.75, 3.05) is 21.3 Å². The number of carboxylic acids is 1. The first-order chi connectivity index (χ1) is 25.3. The van der Waals surface area contributed by atoms with Crippen molar-refractivity contribution in [2.45, 2.75) is 65.8 Å². The van der Waals surface area contributed by atoms with E-state index in [1.807, 2.05) is 52.0 Å². The molecular weight excluding hydrogens is 676 g/mol. The average molecular weight is 721 g/mol. The third kappa shape index (κ3) is 6.36. The fraction of sp³-hybridized carbons (Fsp3) is 0.366. The van der Waals surface area contributed by atoms with Gasteiger partial charge in [-0.25, -0.2) is 9.79 Å². The Hall–Kier alpha value is -5.78. The quantitative estimate of drug-likeness (QED) is 0.221. The van der Waals surface area contributed by atoms with Crippen LogP contribution < -0.4 is 5.32 Å². The molecule has 1 fully saturated rings. The molecule has 1 aromatic rings. The summed E-state index contributed by atoms with van der Waals surface area (Å²) in [5, 5.41) is 13.3. The van der Waals surface area contributed by atoms with Gasteiger partial charge < -0.3 is 29.6 Å². The summed E-state index contributed by atoms with van der Waals surface area (Å²) in [6, 6.07) is -0.418. The highest BCUT2D eigenvalue weighted by Crippen LogP contribution is 2.55. The van der Waals surface area contributed by atoms with Crippen molar-refractivity contribution in [1.29, 1.82) is 0 Å². The molecule has 1 saturated heterocycles. The molecule has 1 aromatic heterocycles. The molecule has 1 aliphatic carbocycles. The van der Waals surface area contributed by atoms with Gasteiger partial charge in [-0.05, 0) is 92.2 Å². The lowest BCUT2D eigenvalue weighted by Gasteiger charge is -2.36. The first kappa shape index (κ1) is 37.0. The maximum absolute atomic E-state index is 13.7. The second-order valence-electron chi connectivity index (χ2n) is 13.8. The molecular formula is C41H44N4O8. The maximum atomic E-state index is 13.7. The summed E-state index contributed by atoms with van der Waals surface area (Å²) >= 11 is 0. The first-order valence-electron chi connectivity index (χ1n) is 17.5. The number of esters is 3. The Kier molecular flexibility index (Phi) is 10.0. The standard InChI is InChI=1S/C41H44N4O8/c1-9-23-20(2)29-17-34-27-13-10-26(39(49)52-7)38(40(50)53-8)41(27,5)35(45-34)19-30-22(4)24(11-14-36(46)47)32(44-30)18-33-25(12-15-37(48)51-6)21(3)28(43-33)16-31(23)42-29/h9-10,13,16-17,19,32,38,43,45H,1,11-12,14-15,18H2,2-8H3,(H,46,47)/b31-16-,34-17-,35-19-/t32?,38-,41+/m1/s1. The molecule has 276 valence electrons. The highest BCUT2D eigenvalue weighted by Gasteiger charge is 2.55. The number of ether oxygens (including phenoxy) is 3. The smallest absolute Gasteiger partial charge is 0.334 e. The summed E-state index contributed by atoms with van der Waals surface area (Å²) < 4.78 is 15.4. The number of aromatic amines is 1. The number of aliphatic imine (C=N–C) groups is 2. The van der Waals surface area contributed by atoms with Crippen LogP contribution in [0.25, 0.3) is 6.08 Å². The first-order valence-corrected chi connectivity index (χ1v) is 17.5. The largest absolute Gasteiger partial charge is 0.481 e. The van der Waals surface area contributed by atoms with Crippen LogP contribution in [0.3, 0.4) is 0 Å². The molecule has 6 rings (SSSR count). The Morgan fingerprint density at radius 1 is 0.981 bits per heavy atom. The van der Waals surface area contributed by atoms with Gasteiger partial charge in [-0.15, -0.1) is 0 Å². The Labute approximate surface area is 308 Å². The average Bonchev–Trinajstić information content (AvgIpc) is 3.79. The molecule has 12 nitrogen and oxygen atoms in total. The molecule has 4 aliphatic heterocycles. The van der Waals surface area contributed by atoms with E-state index in [0.29, 0.717) is 41.4 Å². The zero-order chi connectivity index (χ0) is 38.4. The summed E-state index contributed by atoms with van der Waals surface area (Å²) in [7, 11) is 3.92. The molecule has 53 heavy (non-hydrogen) atoms. The molecule has 0 aromatic carbocycles. The van der Waals surface area contributed by atoms with Gasteiger partial charge in [0.25, 0.3) is 0 Å². The molecule has 0 amide bonds. The van der Waals surface area contributed by atoms with E-state index >= 15 is 0 Å². The van der Waals surface area contributed by atoms with Crippen LogP contribution in [0.4, 0.5) is 0 Å². The van der Waals surface area contributed by atoms with Gasteiger partial charge in [0.15, 0.2) is 0 Å². The van der Waals surface area contributed by atoms with Crippen LogP contribution in [0, 0.1) is 18.3 Å². The summed E-state index contributed by atoms with van der Waals surface area (Å²) in [6.45, 7) is 11.9. The van der Waals surface area contributed by atoms with E-state index in [4.69, 9.17) is 24.2 Å². The number of aliphatic carboxylic acids is 1. The van der Waals surface area contributed by atoms with Crippen molar-refractivity contribution >= 4 is 41.4 Å². The van der Waals surface area contributed by atoms with Gasteiger partial charge in [-0.3, -0.25) is 19.4 Å². The number of allylic oxidation sites excluding steroid dienone is 9. The van der Waals surface area contributed by atoms with Crippen molar-refractivity contribution < 1.29 is 38.5 Å². The number of H-pyrrole nitrogens is 1. The lowest BCUT2D eigenvalue weighted by Crippen LogP contribution is -2.41. The molecule has 0 radical (unpaired) electrons. The number of hydrogen-bond donors (Lipinski definition) is 3. The van der Waals surface area contributed by atoms with E-state index in [-0.39, 0.29) is 30.8 Å². The van der Waals surface area contributed by atoms with Crippen molar-refractivity contribution in [2.24, 2.45) is 21.3 Å². The normalized spacial score (nSPS) is 26.0. The monoisotopic (exact) mass is 720 g/mol. The SMILES string of the molecule is C=CC1=C(C)C2=NC/1=C\c1[nH]c(c(CCC(=O)OC)c1C)CC1N=C(/C=C3\N/C(=C\2)C2=CC=C(C(=O)OC)[C@H](C(=O)OC)[C@@]23C)C(C)=C1CCC(=O)O. The number of hydrogen-bond acceptors (Lipinski definition) is 10. The molecule has 0 saturated carbocycles. The van der Waals surface area contributed by atoms with Crippen LogP contribution in [-0.2, 0) is 46.2 Å². The number of nitrogens with zero attached hydrogens (tertiary/aromatic N) is 2. The zero-order valence-electron chi connectivity index (χ0n) is 31.1. The predicted octanol–water partition coefficient (Wildman–Crippen LogP) is 5.49. The van der Waals surface area contributed by atoms with E-state index in [2.05, 4.69) is 16.9 Å². The minimum atomic E-state index is -1.13. The Balaban J connectivity index is 1.63. The Morgan fingerprint density at radius 3 is 2.40 bits per heavy atom. The highest BCUT2D eigenvalue weighted by molar-refractivity contribution is 6.14. The number of carboxylic acid groups (broad SMARTS) is 1. The lowest BCUT2D eigenvalue weighted by atomic mass is 9.64. The van der Waals surface area contributed by atoms with Gasteiger partial charge >= 0.3 is 23.9 Å². The van der Waals surface area contributed by atoms with Crippen molar-refractivity contribution in [3.63, 3.8) is 0 Å². The molecule has 12 heteroatoms. The van der Waals surface area contributed by atoms with E-state index in [1.54, 1.807) is 12.2 Å². The predicted molar refractivity (Wildman–Crippen MR) is 200 cm³/mol. The molecule has 3 atom stereocenters. The van der Waals surface area contributed by atoms with Crippen LogP contribution >= 0.6 is 0 Å². The number of nitrogens with one attached hydrogen (secondary N) is 2. The molecule has 3 N–H and O–H groups in total. The summed E-state index contributed by atoms with van der Waals surface area (Å²) in [5.41, 5.74) is 10.1. The van der Waals surface area contributed by atoms with Gasteiger partial charge in [0.05, 0.1) is 55.5 Å². The van der Waals surface area contributed by atoms with Crippen LogP contribution in [0.1, 0.15) is 62.5 Å². The van der Waals surface area contributed by atoms with Gasteiger partial charge in [0.1, 0.15) is 5.92 Å². The maximum Gasteiger partial charge on any atom is 0.334 e. The minimum absolute atomic E-state index is 0.0809. The molecule has 1 unspecified atom stereocenters. The molecule has 8 bridgehead atoms. The Bertz CT molecular complexity index is 2150. The van der Waals surface area contributed by atoms with Crippen LogP contribution in [0.2, 0.25) is 0 Å². The van der Waals surface area contributed by atoms with E-state index in [0.717, 1.165) is 50.4 Å². The van der Waals surface area contributed by atoms with Crippen molar-refractivity contribution in [3.8, 4) is 0 Å². The van der Waals surface area contributed by atoms with E-state index in [9.17, 15) is 24.3 Å². The van der Waals surface area contributed by atoms with Gasteiger partial charge in [0, 0.05) is 47.6 Å². The second kappa shape index (κ2) is 14.3. The topological polar surface area (TPSA) is 169 Å². The number of methoxy groups -OCH3 is 3. The molecule has 5 aliphatic rings. The highest BCUT2D eigenvalue weighted by atomic mass is 16.5. The summed E-state index contributed by atoms with van der Waals surface area (Å²) in [5.74, 6) is -3.58.